The molecule has 0 radical (unpaired) electrons. The van der Waals surface area contributed by atoms with Crippen molar-refractivity contribution in [1.82, 2.24) is 4.37 Å². The molecule has 0 atom stereocenters. The normalized spacial score (nSPS) is 12.7. The number of rotatable bonds is 4. The van der Waals surface area contributed by atoms with Crippen molar-refractivity contribution in [2.24, 2.45) is 0 Å². The Morgan fingerprint density at radius 3 is 2.54 bits per heavy atom. The molecule has 0 saturated heterocycles. The molecule has 0 unspecified atom stereocenters. The van der Waals surface area contributed by atoms with Crippen LogP contribution >= 0.6 is 45.8 Å². The zero-order valence-electron chi connectivity index (χ0n) is 17.8. The molecule has 0 aliphatic heterocycles. The Balaban J connectivity index is 0.000000325. The first-order valence-electron chi connectivity index (χ1n) is 9.76. The van der Waals surface area contributed by atoms with Crippen LogP contribution < -0.4 is 5.32 Å². The van der Waals surface area contributed by atoms with Crippen LogP contribution in [-0.4, -0.2) is 21.9 Å². The van der Waals surface area contributed by atoms with E-state index >= 15 is 0 Å². The molecule has 1 aromatic carbocycles. The van der Waals surface area contributed by atoms with E-state index in [1.165, 1.54) is 22.7 Å². The van der Waals surface area contributed by atoms with Gasteiger partial charge >= 0.3 is 37.1 Å². The fourth-order valence-electron chi connectivity index (χ4n) is 3.06. The average Bonchev–Trinajstić information content (AvgIpc) is 3.20. The van der Waals surface area contributed by atoms with E-state index in [4.69, 9.17) is 16.9 Å². The summed E-state index contributed by atoms with van der Waals surface area (Å²) in [7, 11) is 0. The van der Waals surface area contributed by atoms with Crippen molar-refractivity contribution in [1.29, 1.82) is 5.26 Å². The topological polar surface area (TPSA) is 103 Å². The molecule has 4 aromatic rings. The van der Waals surface area contributed by atoms with Gasteiger partial charge < -0.3 is 15.2 Å². The molecule has 5 rings (SSSR count). The number of benzene rings is 1. The standard InChI is InChI=1S/C17H8N3O3S3.C7H6Cl.U/c18-7-11-14(19-8-21)12(26-20-11)2-1-10-5-9-6-13(25-15(9)24-10)17(3-4-17)16(22)23;1-6-4-2-3-5-7(6)8;/h5-6H,3-4H2,(H,19,21)(H,22,23);2-5H,1H2;/q2*-1;+2. The largest absolute Gasteiger partial charge is 2.00 e. The van der Waals surface area contributed by atoms with Gasteiger partial charge in [-0.3, -0.25) is 4.79 Å². The van der Waals surface area contributed by atoms with E-state index in [1.807, 2.05) is 42.5 Å². The second-order valence-corrected chi connectivity index (χ2v) is 10.8. The number of nitriles is 1. The molecule has 3 aromatic heterocycles. The summed E-state index contributed by atoms with van der Waals surface area (Å²) in [5.74, 6) is 5.20. The number of carboxylic acid groups (broad SMARTS) is 1. The van der Waals surface area contributed by atoms with Gasteiger partial charge in [0.2, 0.25) is 0 Å². The van der Waals surface area contributed by atoms with Crippen molar-refractivity contribution in [2.75, 3.05) is 5.32 Å². The quantitative estimate of drug-likeness (QED) is 0.155. The summed E-state index contributed by atoms with van der Waals surface area (Å²) in [5.41, 5.74) is 0.590. The third-order valence-corrected chi connectivity index (χ3v) is 8.72. The van der Waals surface area contributed by atoms with E-state index in [-0.39, 0.29) is 42.5 Å². The molecule has 35 heavy (non-hydrogen) atoms. The third-order valence-electron chi connectivity index (χ3n) is 5.08. The summed E-state index contributed by atoms with van der Waals surface area (Å²) in [6, 6.07) is 13.3. The van der Waals surface area contributed by atoms with Crippen molar-refractivity contribution in [3.05, 3.63) is 74.2 Å². The van der Waals surface area contributed by atoms with Crippen molar-refractivity contribution in [3.8, 4) is 17.9 Å². The van der Waals surface area contributed by atoms with Crippen LogP contribution in [0.25, 0.3) is 9.40 Å². The van der Waals surface area contributed by atoms with Gasteiger partial charge in [-0.1, -0.05) is 22.9 Å². The number of aliphatic carboxylic acids is 1. The van der Waals surface area contributed by atoms with Gasteiger partial charge in [-0.05, 0) is 42.2 Å². The van der Waals surface area contributed by atoms with Crippen LogP contribution in [0.4, 0.5) is 5.69 Å². The van der Waals surface area contributed by atoms with Crippen LogP contribution in [0.2, 0.25) is 5.02 Å². The summed E-state index contributed by atoms with van der Waals surface area (Å²) < 4.78 is 4.99. The van der Waals surface area contributed by atoms with Crippen molar-refractivity contribution < 1.29 is 45.8 Å². The SMILES string of the molecule is N#Cc1nsc(C#Cc2cc3cc(C4(C(=O)O)CC4)sc3s2)c1N[C-]=O.[CH2-]c1ccccc1Cl.[U+2]. The Morgan fingerprint density at radius 1 is 1.26 bits per heavy atom. The van der Waals surface area contributed by atoms with Gasteiger partial charge in [0, 0.05) is 15.1 Å². The molecule has 1 amide bonds. The number of hydrogen-bond acceptors (Lipinski definition) is 7. The third kappa shape index (κ3) is 5.93. The van der Waals surface area contributed by atoms with Crippen LogP contribution in [-0.2, 0) is 15.0 Å². The summed E-state index contributed by atoms with van der Waals surface area (Å²) in [5, 5.41) is 22.5. The number of carbonyl (C=O) groups is 1. The minimum atomic E-state index is -0.753. The first-order chi connectivity index (χ1) is 16.4. The van der Waals surface area contributed by atoms with Crippen LogP contribution in [0, 0.1) is 61.2 Å². The first kappa shape index (κ1) is 27.3. The van der Waals surface area contributed by atoms with Crippen LogP contribution in [0.5, 0.6) is 0 Å². The number of aromatic nitrogens is 1. The Hall–Kier alpha value is -2.29. The predicted molar refractivity (Wildman–Crippen MR) is 136 cm³/mol. The smallest absolute Gasteiger partial charge is 0.486 e. The van der Waals surface area contributed by atoms with Gasteiger partial charge in [0.05, 0.1) is 21.0 Å². The number of fused-ring (bicyclic) bond motifs is 1. The molecular formula is C24H14ClN3O3S3U. The van der Waals surface area contributed by atoms with Crippen molar-refractivity contribution in [2.45, 2.75) is 18.3 Å². The molecule has 0 bridgehead atoms. The van der Waals surface area contributed by atoms with Gasteiger partial charge in [-0.2, -0.15) is 39.8 Å². The van der Waals surface area contributed by atoms with Gasteiger partial charge in [0.1, 0.15) is 11.5 Å². The van der Waals surface area contributed by atoms with Gasteiger partial charge in [0.25, 0.3) is 0 Å². The molecule has 172 valence electrons. The van der Waals surface area contributed by atoms with Crippen molar-refractivity contribution >= 4 is 73.3 Å². The van der Waals surface area contributed by atoms with Crippen molar-refractivity contribution in [3.63, 3.8) is 0 Å². The van der Waals surface area contributed by atoms with E-state index < -0.39 is 11.4 Å². The Bertz CT molecular complexity index is 1450. The minimum absolute atomic E-state index is 0. The molecule has 3 heterocycles. The van der Waals surface area contributed by atoms with E-state index in [1.54, 1.807) is 6.41 Å². The number of nitrogens with one attached hydrogen (secondary N) is 1. The minimum Gasteiger partial charge on any atom is -0.486 e. The molecule has 2 N–H and O–H groups in total. The Morgan fingerprint density at radius 2 is 2.00 bits per heavy atom. The van der Waals surface area contributed by atoms with Crippen LogP contribution in [0.15, 0.2) is 36.4 Å². The maximum atomic E-state index is 11.4. The van der Waals surface area contributed by atoms with Gasteiger partial charge in [0.15, 0.2) is 0 Å². The molecule has 0 spiro atoms. The molecule has 1 aliphatic carbocycles. The molecule has 1 fully saturated rings. The number of nitrogens with zero attached hydrogens (tertiary/aromatic N) is 2. The predicted octanol–water partition coefficient (Wildman–Crippen LogP) is 5.81. The number of halogens is 1. The monoisotopic (exact) mass is 761 g/mol. The fourth-order valence-corrected chi connectivity index (χ4v) is 6.39. The number of carbonyl (C=O) groups excluding carboxylic acids is 1. The maximum absolute atomic E-state index is 11.4. The van der Waals surface area contributed by atoms with E-state index in [9.17, 15) is 14.7 Å². The summed E-state index contributed by atoms with van der Waals surface area (Å²) in [6.07, 6.45) is 2.93. The summed E-state index contributed by atoms with van der Waals surface area (Å²) in [4.78, 5) is 24.2. The number of hydrogen-bond donors (Lipinski definition) is 2. The Labute approximate surface area is 242 Å². The van der Waals surface area contributed by atoms with Crippen LogP contribution in [0.1, 0.15) is 38.7 Å². The second kappa shape index (κ2) is 11.6. The number of amides is 1. The zero-order valence-corrected chi connectivity index (χ0v) is 25.2. The second-order valence-electron chi connectivity index (χ2n) is 7.27. The van der Waals surface area contributed by atoms with E-state index in [0.29, 0.717) is 17.7 Å². The fraction of sp³-hybridized carbons (Fsp3) is 0.125. The zero-order chi connectivity index (χ0) is 24.3. The molecular weight excluding hydrogens is 748 g/mol. The molecule has 1 saturated carbocycles. The summed E-state index contributed by atoms with van der Waals surface area (Å²) in [6.45, 7) is 3.69. The van der Waals surface area contributed by atoms with E-state index in [0.717, 1.165) is 41.3 Å². The molecule has 6 nitrogen and oxygen atoms in total. The number of carboxylic acids is 1. The number of anilines is 1. The maximum Gasteiger partial charge on any atom is 2.00 e. The Kier molecular flexibility index (Phi) is 9.07. The molecule has 1 aliphatic rings. The van der Waals surface area contributed by atoms with Gasteiger partial charge in [-0.25, -0.2) is 0 Å². The number of thiophene rings is 2. The average molecular weight is 762 g/mol. The molecule has 11 heteroatoms. The first-order valence-corrected chi connectivity index (χ1v) is 12.5. The van der Waals surface area contributed by atoms with E-state index in [2.05, 4.69) is 28.5 Å². The van der Waals surface area contributed by atoms with Gasteiger partial charge in [-0.15, -0.1) is 34.8 Å². The van der Waals surface area contributed by atoms with Crippen LogP contribution in [0.3, 0.4) is 0 Å². The summed E-state index contributed by atoms with van der Waals surface area (Å²) >= 11 is 9.69.